The lowest BCUT2D eigenvalue weighted by Crippen LogP contribution is -2.45. The monoisotopic (exact) mass is 944 g/mol. The molecule has 6 heteroatoms. The quantitative estimate of drug-likeness (QED) is 0.0321. The van der Waals surface area contributed by atoms with Gasteiger partial charge in [-0.05, 0) is 77.0 Å². The minimum absolute atomic E-state index is 0.00564. The Labute approximate surface area is 418 Å². The second-order valence-electron chi connectivity index (χ2n) is 20.7. The Bertz CT molecular complexity index is 1040. The van der Waals surface area contributed by atoms with E-state index in [-0.39, 0.29) is 18.5 Å². The van der Waals surface area contributed by atoms with Crippen LogP contribution in [0.25, 0.3) is 0 Å². The molecule has 0 radical (unpaired) electrons. The first-order valence-corrected chi connectivity index (χ1v) is 30.1. The van der Waals surface area contributed by atoms with E-state index in [1.807, 2.05) is 0 Å². The molecule has 0 aromatic heterocycles. The maximum Gasteiger partial charge on any atom is 0.305 e. The average molecular weight is 945 g/mol. The summed E-state index contributed by atoms with van der Waals surface area (Å²) in [6.45, 7) is 4.94. The number of carbonyl (C=O) groups is 2. The summed E-state index contributed by atoms with van der Waals surface area (Å²) in [4.78, 5) is 24.6. The van der Waals surface area contributed by atoms with E-state index >= 15 is 0 Å². The van der Waals surface area contributed by atoms with Crippen molar-refractivity contribution in [1.29, 1.82) is 0 Å². The maximum atomic E-state index is 12.5. The van der Waals surface area contributed by atoms with Crippen LogP contribution in [-0.2, 0) is 14.3 Å². The Kier molecular flexibility index (Phi) is 55.5. The van der Waals surface area contributed by atoms with Crippen molar-refractivity contribution < 1.29 is 24.5 Å². The first-order chi connectivity index (χ1) is 33.0. The van der Waals surface area contributed by atoms with Crippen molar-refractivity contribution in [3.63, 3.8) is 0 Å². The zero-order valence-electron chi connectivity index (χ0n) is 45.1. The number of hydrogen-bond donors (Lipinski definition) is 3. The van der Waals surface area contributed by atoms with E-state index in [1.165, 1.54) is 231 Å². The van der Waals surface area contributed by atoms with Gasteiger partial charge in [-0.2, -0.15) is 0 Å². The largest absolute Gasteiger partial charge is 0.466 e. The van der Waals surface area contributed by atoms with Gasteiger partial charge in [0.05, 0.1) is 25.4 Å². The summed E-state index contributed by atoms with van der Waals surface area (Å²) in [6, 6.07) is -0.554. The van der Waals surface area contributed by atoms with Crippen molar-refractivity contribution in [3.05, 3.63) is 24.3 Å². The van der Waals surface area contributed by atoms with Crippen LogP contribution in [0.1, 0.15) is 328 Å². The number of esters is 1. The zero-order valence-corrected chi connectivity index (χ0v) is 45.1. The Hall–Kier alpha value is -1.66. The van der Waals surface area contributed by atoms with Crippen LogP contribution in [0.2, 0.25) is 0 Å². The fraction of sp³-hybridized carbons (Fsp3) is 0.902. The zero-order chi connectivity index (χ0) is 48.6. The van der Waals surface area contributed by atoms with Crippen LogP contribution < -0.4 is 5.32 Å². The van der Waals surface area contributed by atoms with Crippen LogP contribution in [0.15, 0.2) is 24.3 Å². The predicted molar refractivity (Wildman–Crippen MR) is 292 cm³/mol. The summed E-state index contributed by atoms with van der Waals surface area (Å²) < 4.78 is 5.48. The molecule has 396 valence electrons. The number of nitrogens with one attached hydrogen (secondary N) is 1. The molecule has 0 aromatic carbocycles. The van der Waals surface area contributed by atoms with E-state index in [2.05, 4.69) is 43.5 Å². The molecule has 0 fully saturated rings. The van der Waals surface area contributed by atoms with Gasteiger partial charge >= 0.3 is 5.97 Å². The Morgan fingerprint density at radius 2 is 0.701 bits per heavy atom. The minimum atomic E-state index is -0.675. The van der Waals surface area contributed by atoms with Gasteiger partial charge in [0.15, 0.2) is 0 Å². The lowest BCUT2D eigenvalue weighted by molar-refractivity contribution is -0.143. The number of aliphatic hydroxyl groups is 2. The van der Waals surface area contributed by atoms with Gasteiger partial charge < -0.3 is 20.3 Å². The second-order valence-corrected chi connectivity index (χ2v) is 20.7. The van der Waals surface area contributed by atoms with Crippen molar-refractivity contribution in [2.24, 2.45) is 0 Å². The third-order valence-corrected chi connectivity index (χ3v) is 14.0. The SMILES string of the molecule is CCCCCCCC/C=C\CCCCCCCCCC(=O)OCCCCCCCCC/C=C\CCCCCCCC(=O)NC(CO)C(O)CCCCCCCCCCCCCCCCCCC. The molecule has 0 saturated heterocycles. The molecule has 67 heavy (non-hydrogen) atoms. The molecule has 2 unspecified atom stereocenters. The van der Waals surface area contributed by atoms with Crippen LogP contribution in [0, 0.1) is 0 Å². The summed E-state index contributed by atoms with van der Waals surface area (Å²) in [5.41, 5.74) is 0. The number of unbranched alkanes of at least 4 members (excludes halogenated alkanes) is 41. The van der Waals surface area contributed by atoms with E-state index in [9.17, 15) is 19.8 Å². The van der Waals surface area contributed by atoms with Crippen molar-refractivity contribution in [2.75, 3.05) is 13.2 Å². The molecule has 0 aliphatic carbocycles. The highest BCUT2D eigenvalue weighted by atomic mass is 16.5. The van der Waals surface area contributed by atoms with Gasteiger partial charge in [-0.1, -0.05) is 263 Å². The molecular formula is C61H117NO5. The highest BCUT2D eigenvalue weighted by Gasteiger charge is 2.20. The summed E-state index contributed by atoms with van der Waals surface area (Å²) >= 11 is 0. The van der Waals surface area contributed by atoms with Gasteiger partial charge in [0.25, 0.3) is 0 Å². The van der Waals surface area contributed by atoms with Crippen LogP contribution in [0.3, 0.4) is 0 Å². The van der Waals surface area contributed by atoms with Crippen LogP contribution in [0.5, 0.6) is 0 Å². The molecule has 0 heterocycles. The summed E-state index contributed by atoms with van der Waals surface area (Å²) in [6.07, 6.45) is 68.8. The normalized spacial score (nSPS) is 12.7. The number of hydrogen-bond acceptors (Lipinski definition) is 5. The summed E-state index contributed by atoms with van der Waals surface area (Å²) in [5.74, 6) is -0.0557. The summed E-state index contributed by atoms with van der Waals surface area (Å²) in [5, 5.41) is 23.3. The molecule has 0 saturated carbocycles. The molecule has 0 aromatic rings. The van der Waals surface area contributed by atoms with Crippen molar-refractivity contribution in [1.82, 2.24) is 5.32 Å². The molecule has 0 bridgehead atoms. The van der Waals surface area contributed by atoms with Gasteiger partial charge in [0, 0.05) is 12.8 Å². The molecule has 0 aliphatic rings. The van der Waals surface area contributed by atoms with Crippen LogP contribution in [0.4, 0.5) is 0 Å². The van der Waals surface area contributed by atoms with Crippen LogP contribution in [-0.4, -0.2) is 47.4 Å². The standard InChI is InChI=1S/C61H117NO5/c1-3-5-7-9-11-13-15-17-19-21-25-29-33-37-41-45-49-53-59(64)58(57-63)62-60(65)54-50-46-42-38-34-30-26-23-24-28-32-36-40-44-48-52-56-67-61(66)55-51-47-43-39-35-31-27-22-20-18-16-14-12-10-8-6-4-2/h18,20,23,26,58-59,63-64H,3-17,19,21-22,24-25,27-57H2,1-2H3,(H,62,65)/b20-18-,26-23-. The Balaban J connectivity index is 3.45. The van der Waals surface area contributed by atoms with Crippen molar-refractivity contribution in [2.45, 2.75) is 341 Å². The van der Waals surface area contributed by atoms with E-state index in [0.717, 1.165) is 64.2 Å². The van der Waals surface area contributed by atoms with Crippen LogP contribution >= 0.6 is 0 Å². The highest BCUT2D eigenvalue weighted by molar-refractivity contribution is 5.76. The first-order valence-electron chi connectivity index (χ1n) is 30.1. The number of allylic oxidation sites excluding steroid dienone is 4. The van der Waals surface area contributed by atoms with Gasteiger partial charge in [-0.3, -0.25) is 9.59 Å². The average Bonchev–Trinajstić information content (AvgIpc) is 3.33. The number of aliphatic hydroxyl groups excluding tert-OH is 2. The smallest absolute Gasteiger partial charge is 0.305 e. The van der Waals surface area contributed by atoms with Gasteiger partial charge in [0.1, 0.15) is 0 Å². The topological polar surface area (TPSA) is 95.9 Å². The van der Waals surface area contributed by atoms with Crippen molar-refractivity contribution in [3.8, 4) is 0 Å². The third-order valence-electron chi connectivity index (χ3n) is 14.0. The van der Waals surface area contributed by atoms with Gasteiger partial charge in [-0.15, -0.1) is 0 Å². The fourth-order valence-corrected chi connectivity index (χ4v) is 9.34. The van der Waals surface area contributed by atoms with Gasteiger partial charge in [0.2, 0.25) is 5.91 Å². The fourth-order valence-electron chi connectivity index (χ4n) is 9.34. The lowest BCUT2D eigenvalue weighted by Gasteiger charge is -2.22. The molecule has 1 amide bonds. The first kappa shape index (κ1) is 65.3. The second kappa shape index (κ2) is 56.9. The van der Waals surface area contributed by atoms with E-state index in [0.29, 0.717) is 25.9 Å². The van der Waals surface area contributed by atoms with E-state index in [1.54, 1.807) is 0 Å². The minimum Gasteiger partial charge on any atom is -0.466 e. The molecular weight excluding hydrogens is 827 g/mol. The van der Waals surface area contributed by atoms with E-state index < -0.39 is 12.1 Å². The molecule has 3 N–H and O–H groups in total. The molecule has 2 atom stereocenters. The number of carbonyl (C=O) groups excluding carboxylic acids is 2. The number of rotatable bonds is 56. The molecule has 0 spiro atoms. The third kappa shape index (κ3) is 53.5. The van der Waals surface area contributed by atoms with Gasteiger partial charge in [-0.25, -0.2) is 0 Å². The lowest BCUT2D eigenvalue weighted by atomic mass is 10.0. The molecule has 0 aliphatic heterocycles. The predicted octanol–water partition coefficient (Wildman–Crippen LogP) is 18.6. The Morgan fingerprint density at radius 1 is 0.403 bits per heavy atom. The Morgan fingerprint density at radius 3 is 1.06 bits per heavy atom. The maximum absolute atomic E-state index is 12.5. The molecule has 0 rings (SSSR count). The number of amides is 1. The number of ether oxygens (including phenoxy) is 1. The van der Waals surface area contributed by atoms with Crippen molar-refractivity contribution >= 4 is 11.9 Å². The van der Waals surface area contributed by atoms with E-state index in [4.69, 9.17) is 4.74 Å². The highest BCUT2D eigenvalue weighted by Crippen LogP contribution is 2.17. The summed E-state index contributed by atoms with van der Waals surface area (Å²) in [7, 11) is 0. The molecule has 6 nitrogen and oxygen atoms in total.